The number of piperazine rings is 1. The molecule has 4 amide bonds. The van der Waals surface area contributed by atoms with Gasteiger partial charge in [0, 0.05) is 83.1 Å². The van der Waals surface area contributed by atoms with E-state index in [4.69, 9.17) is 4.74 Å². The van der Waals surface area contributed by atoms with Gasteiger partial charge in [0.25, 0.3) is 5.91 Å². The molecule has 2 aromatic rings. The SMILES string of the molecule is O=C(OC(Cc1ccc2c(c1)CCCC2)C(=O)N1CCC(N2CCNCC2)CC1)N1CCC(N2CCc3ccccc3NC2=O)CC1. The van der Waals surface area contributed by atoms with Gasteiger partial charge < -0.3 is 30.1 Å². The summed E-state index contributed by atoms with van der Waals surface area (Å²) in [5.74, 6) is -0.0782. The molecule has 3 fully saturated rings. The van der Waals surface area contributed by atoms with Gasteiger partial charge in [0.1, 0.15) is 0 Å². The van der Waals surface area contributed by atoms with E-state index in [1.807, 2.05) is 28.0 Å². The minimum Gasteiger partial charge on any atom is -0.436 e. The first-order valence-electron chi connectivity index (χ1n) is 18.0. The van der Waals surface area contributed by atoms with Gasteiger partial charge in [-0.3, -0.25) is 9.69 Å². The normalized spacial score (nSPS) is 22.1. The number of aryl methyl sites for hydroxylation is 2. The van der Waals surface area contributed by atoms with Crippen LogP contribution in [0.1, 0.15) is 60.8 Å². The predicted octanol–water partition coefficient (Wildman–Crippen LogP) is 4.06. The van der Waals surface area contributed by atoms with Gasteiger partial charge in [-0.2, -0.15) is 0 Å². The van der Waals surface area contributed by atoms with E-state index in [2.05, 4.69) is 39.8 Å². The Hall–Kier alpha value is -3.63. The molecule has 10 nitrogen and oxygen atoms in total. The van der Waals surface area contributed by atoms with Gasteiger partial charge in [-0.25, -0.2) is 9.59 Å². The van der Waals surface area contributed by atoms with E-state index in [0.717, 1.165) is 75.1 Å². The van der Waals surface area contributed by atoms with Crippen molar-refractivity contribution >= 4 is 23.7 Å². The number of anilines is 1. The average molecular weight is 643 g/mol. The van der Waals surface area contributed by atoms with Crippen LogP contribution in [0.3, 0.4) is 0 Å². The summed E-state index contributed by atoms with van der Waals surface area (Å²) in [6.07, 6.45) is 7.77. The Bertz CT molecular complexity index is 1430. The number of nitrogens with one attached hydrogen (secondary N) is 2. The molecule has 3 saturated heterocycles. The number of hydrogen-bond donors (Lipinski definition) is 2. The van der Waals surface area contributed by atoms with Crippen molar-refractivity contribution in [3.05, 3.63) is 64.7 Å². The lowest BCUT2D eigenvalue weighted by molar-refractivity contribution is -0.142. The van der Waals surface area contributed by atoms with E-state index >= 15 is 0 Å². The molecule has 4 heterocycles. The maximum atomic E-state index is 14.1. The molecule has 7 rings (SSSR count). The molecule has 1 atom stereocenters. The number of benzene rings is 2. The number of rotatable bonds is 6. The summed E-state index contributed by atoms with van der Waals surface area (Å²) in [7, 11) is 0. The van der Waals surface area contributed by atoms with Gasteiger partial charge in [-0.15, -0.1) is 0 Å². The third kappa shape index (κ3) is 7.44. The van der Waals surface area contributed by atoms with Crippen LogP contribution in [-0.2, 0) is 35.2 Å². The Balaban J connectivity index is 0.987. The van der Waals surface area contributed by atoms with Gasteiger partial charge in [0.15, 0.2) is 6.10 Å². The lowest BCUT2D eigenvalue weighted by Gasteiger charge is -2.41. The van der Waals surface area contributed by atoms with Crippen molar-refractivity contribution < 1.29 is 19.1 Å². The highest BCUT2D eigenvalue weighted by molar-refractivity contribution is 5.91. The van der Waals surface area contributed by atoms with Crippen molar-refractivity contribution in [3.8, 4) is 0 Å². The highest BCUT2D eigenvalue weighted by Gasteiger charge is 2.36. The zero-order chi connectivity index (χ0) is 32.2. The van der Waals surface area contributed by atoms with Crippen LogP contribution in [0.2, 0.25) is 0 Å². The minimum atomic E-state index is -0.854. The molecule has 0 aromatic heterocycles. The molecule has 47 heavy (non-hydrogen) atoms. The average Bonchev–Trinajstić information content (AvgIpc) is 3.29. The Morgan fingerprint density at radius 1 is 0.766 bits per heavy atom. The molecule has 2 aromatic carbocycles. The third-order valence-electron chi connectivity index (χ3n) is 11.1. The fraction of sp³-hybridized carbons (Fsp3) is 0.595. The van der Waals surface area contributed by atoms with Gasteiger partial charge in [0.2, 0.25) is 0 Å². The van der Waals surface area contributed by atoms with Crippen LogP contribution in [0.15, 0.2) is 42.5 Å². The highest BCUT2D eigenvalue weighted by atomic mass is 16.6. The molecule has 5 aliphatic rings. The summed E-state index contributed by atoms with van der Waals surface area (Å²) in [4.78, 5) is 49.0. The summed E-state index contributed by atoms with van der Waals surface area (Å²) < 4.78 is 6.14. The van der Waals surface area contributed by atoms with Crippen molar-refractivity contribution in [2.24, 2.45) is 0 Å². The second kappa shape index (κ2) is 14.6. The Morgan fingerprint density at radius 2 is 1.47 bits per heavy atom. The fourth-order valence-electron chi connectivity index (χ4n) is 8.30. The van der Waals surface area contributed by atoms with Gasteiger partial charge in [0.05, 0.1) is 0 Å². The number of likely N-dealkylation sites (tertiary alicyclic amines) is 2. The number of carbonyl (C=O) groups excluding carboxylic acids is 3. The van der Waals surface area contributed by atoms with E-state index in [1.54, 1.807) is 4.90 Å². The fourth-order valence-corrected chi connectivity index (χ4v) is 8.30. The molecular formula is C37H50N6O4. The van der Waals surface area contributed by atoms with E-state index in [-0.39, 0.29) is 18.0 Å². The van der Waals surface area contributed by atoms with Crippen molar-refractivity contribution in [2.45, 2.75) is 82.4 Å². The van der Waals surface area contributed by atoms with Crippen LogP contribution >= 0.6 is 0 Å². The number of carbonyl (C=O) groups is 3. The standard InChI is InChI=1S/C37H50N6O4/c44-35(41-18-12-31(13-19-41)40-23-16-38-17-24-40)34(26-27-9-10-28-5-1-2-7-30(28)25-27)47-37(46)42-20-14-32(15-21-42)43-22-11-29-6-3-4-8-33(29)39-36(43)45/h3-4,6,8-10,25,31-32,34,38H,1-2,5,7,11-24,26H2,(H,39,45). The maximum absolute atomic E-state index is 14.1. The first-order chi connectivity index (χ1) is 23.0. The highest BCUT2D eigenvalue weighted by Crippen LogP contribution is 2.27. The van der Waals surface area contributed by atoms with Gasteiger partial charge in [-0.05, 0) is 86.1 Å². The molecule has 252 valence electrons. The molecule has 0 bridgehead atoms. The molecule has 0 radical (unpaired) electrons. The summed E-state index contributed by atoms with van der Waals surface area (Å²) in [6.45, 7) is 7.20. The Labute approximate surface area is 278 Å². The number of fused-ring (bicyclic) bond motifs is 2. The molecule has 0 spiro atoms. The zero-order valence-electron chi connectivity index (χ0n) is 27.6. The van der Waals surface area contributed by atoms with Crippen molar-refractivity contribution in [3.63, 3.8) is 0 Å². The second-order valence-corrected chi connectivity index (χ2v) is 14.0. The first kappa shape index (κ1) is 31.9. The molecule has 1 aliphatic carbocycles. The van der Waals surface area contributed by atoms with Gasteiger partial charge in [-0.1, -0.05) is 36.4 Å². The van der Waals surface area contributed by atoms with E-state index in [1.165, 1.54) is 24.0 Å². The minimum absolute atomic E-state index is 0.0540. The smallest absolute Gasteiger partial charge is 0.410 e. The van der Waals surface area contributed by atoms with Crippen molar-refractivity contribution in [1.82, 2.24) is 24.9 Å². The summed E-state index contributed by atoms with van der Waals surface area (Å²) in [5, 5.41) is 6.50. The summed E-state index contributed by atoms with van der Waals surface area (Å²) in [5.41, 5.74) is 5.85. The van der Waals surface area contributed by atoms with Crippen molar-refractivity contribution in [1.29, 1.82) is 0 Å². The number of para-hydroxylation sites is 1. The first-order valence-corrected chi connectivity index (χ1v) is 18.0. The van der Waals surface area contributed by atoms with Crippen LogP contribution in [0.25, 0.3) is 0 Å². The van der Waals surface area contributed by atoms with E-state index < -0.39 is 12.2 Å². The quantitative estimate of drug-likeness (QED) is 0.494. The molecule has 2 N–H and O–H groups in total. The monoisotopic (exact) mass is 642 g/mol. The van der Waals surface area contributed by atoms with Crippen LogP contribution in [-0.4, -0.2) is 115 Å². The van der Waals surface area contributed by atoms with Crippen LogP contribution in [0.4, 0.5) is 15.3 Å². The number of nitrogens with zero attached hydrogens (tertiary/aromatic N) is 4. The number of hydrogen-bond acceptors (Lipinski definition) is 6. The summed E-state index contributed by atoms with van der Waals surface area (Å²) in [6, 6.07) is 15.0. The number of piperidine rings is 2. The number of urea groups is 1. The van der Waals surface area contributed by atoms with Gasteiger partial charge >= 0.3 is 12.1 Å². The van der Waals surface area contributed by atoms with Crippen LogP contribution in [0, 0.1) is 0 Å². The van der Waals surface area contributed by atoms with Crippen LogP contribution in [0.5, 0.6) is 0 Å². The molecule has 10 heteroatoms. The number of ether oxygens (including phenoxy) is 1. The van der Waals surface area contributed by atoms with E-state index in [9.17, 15) is 14.4 Å². The van der Waals surface area contributed by atoms with E-state index in [0.29, 0.717) is 58.0 Å². The molecule has 4 aliphatic heterocycles. The lowest BCUT2D eigenvalue weighted by atomic mass is 9.89. The Morgan fingerprint density at radius 3 is 2.26 bits per heavy atom. The van der Waals surface area contributed by atoms with Crippen LogP contribution < -0.4 is 10.6 Å². The Kier molecular flexibility index (Phi) is 9.95. The predicted molar refractivity (Wildman–Crippen MR) is 182 cm³/mol. The zero-order valence-corrected chi connectivity index (χ0v) is 27.6. The molecule has 0 saturated carbocycles. The maximum Gasteiger partial charge on any atom is 0.410 e. The summed E-state index contributed by atoms with van der Waals surface area (Å²) >= 11 is 0. The largest absolute Gasteiger partial charge is 0.436 e. The molecular weight excluding hydrogens is 592 g/mol. The number of amides is 4. The topological polar surface area (TPSA) is 97.5 Å². The second-order valence-electron chi connectivity index (χ2n) is 14.0. The lowest BCUT2D eigenvalue weighted by Crippen LogP contribution is -2.54. The van der Waals surface area contributed by atoms with Crippen molar-refractivity contribution in [2.75, 3.05) is 64.2 Å². The third-order valence-corrected chi connectivity index (χ3v) is 11.1. The molecule has 1 unspecified atom stereocenters.